The number of carbonyl (C=O) groups is 3. The quantitative estimate of drug-likeness (QED) is 0.220. The number of allylic oxidation sites excluding steroid dienone is 3. The van der Waals surface area contributed by atoms with Gasteiger partial charge >= 0.3 is 0 Å². The molecule has 0 aromatic heterocycles. The number of benzene rings is 1. The van der Waals surface area contributed by atoms with Crippen molar-refractivity contribution in [1.29, 1.82) is 0 Å². The highest BCUT2D eigenvalue weighted by Crippen LogP contribution is 2.71. The van der Waals surface area contributed by atoms with Crippen molar-refractivity contribution in [2.24, 2.45) is 34.5 Å². The fraction of sp³-hybridized carbons (Fsp3) is 0.571. The first-order valence-corrected chi connectivity index (χ1v) is 15.2. The fourth-order valence-corrected chi connectivity index (χ4v) is 9.52. The third-order valence-electron chi connectivity index (χ3n) is 11.6. The summed E-state index contributed by atoms with van der Waals surface area (Å²) in [4.78, 5) is 41.3. The lowest BCUT2D eigenvalue weighted by Gasteiger charge is -2.65. The minimum absolute atomic E-state index is 0.0357. The zero-order chi connectivity index (χ0) is 31.1. The second kappa shape index (κ2) is 9.94. The summed E-state index contributed by atoms with van der Waals surface area (Å²) in [5, 5.41) is 47.2. The predicted octanol–water partition coefficient (Wildman–Crippen LogP) is 6.66. The molecule has 4 aliphatic rings. The van der Waals surface area contributed by atoms with Gasteiger partial charge in [0.15, 0.2) is 17.2 Å². The molecule has 0 spiro atoms. The van der Waals surface area contributed by atoms with Crippen molar-refractivity contribution in [1.82, 2.24) is 0 Å². The van der Waals surface area contributed by atoms with Gasteiger partial charge in [0.2, 0.25) is 5.78 Å². The first kappa shape index (κ1) is 30.3. The topological polar surface area (TPSA) is 132 Å². The van der Waals surface area contributed by atoms with Crippen LogP contribution in [0.15, 0.2) is 53.0 Å². The number of phenols is 1. The largest absolute Gasteiger partial charge is 0.511 e. The lowest BCUT2D eigenvalue weighted by atomic mass is 9.38. The Balaban J connectivity index is 1.86. The fourth-order valence-electron chi connectivity index (χ4n) is 9.52. The maximum absolute atomic E-state index is 14.3. The SMILES string of the molecule is C=C(CC1CCCC1)C[C@@H]1[C@]2(C)C(=C(O)[C@@]3(O)C(=O)C(C(C)=O)=C(O)C(C(C)C)[C@@]13C)C(=O)c1c(O)cccc1[C@H]2C. The summed E-state index contributed by atoms with van der Waals surface area (Å²) in [6.45, 7) is 14.8. The van der Waals surface area contributed by atoms with Gasteiger partial charge in [0.1, 0.15) is 22.8 Å². The molecule has 0 radical (unpaired) electrons. The van der Waals surface area contributed by atoms with Crippen molar-refractivity contribution >= 4 is 17.3 Å². The molecular weight excluding hydrogens is 532 g/mol. The van der Waals surface area contributed by atoms with Crippen molar-refractivity contribution in [2.45, 2.75) is 91.6 Å². The van der Waals surface area contributed by atoms with Gasteiger partial charge in [-0.2, -0.15) is 0 Å². The van der Waals surface area contributed by atoms with Crippen LogP contribution in [0.2, 0.25) is 0 Å². The third-order valence-corrected chi connectivity index (χ3v) is 11.6. The molecule has 0 aliphatic heterocycles. The summed E-state index contributed by atoms with van der Waals surface area (Å²) in [7, 11) is 0. The van der Waals surface area contributed by atoms with Crippen molar-refractivity contribution < 1.29 is 34.8 Å². The molecule has 7 heteroatoms. The summed E-state index contributed by atoms with van der Waals surface area (Å²) in [5.74, 6) is -5.74. The number of ketones is 3. The smallest absolute Gasteiger partial charge is 0.209 e. The molecule has 0 amide bonds. The van der Waals surface area contributed by atoms with Crippen molar-refractivity contribution in [2.75, 3.05) is 0 Å². The molecule has 0 saturated heterocycles. The third kappa shape index (κ3) is 3.71. The highest BCUT2D eigenvalue weighted by atomic mass is 16.3. The Labute approximate surface area is 248 Å². The second-order valence-corrected chi connectivity index (χ2v) is 14.0. The summed E-state index contributed by atoms with van der Waals surface area (Å²) in [5.41, 5.74) is -4.40. The first-order valence-electron chi connectivity index (χ1n) is 15.2. The van der Waals surface area contributed by atoms with Crippen LogP contribution >= 0.6 is 0 Å². The van der Waals surface area contributed by atoms with E-state index in [1.165, 1.54) is 18.9 Å². The Kier molecular flexibility index (Phi) is 7.16. The van der Waals surface area contributed by atoms with Crippen molar-refractivity contribution in [3.8, 4) is 5.75 Å². The van der Waals surface area contributed by atoms with E-state index < -0.39 is 62.9 Å². The number of hydrogen-bond donors (Lipinski definition) is 4. The Morgan fingerprint density at radius 2 is 1.69 bits per heavy atom. The lowest BCUT2D eigenvalue weighted by Crippen LogP contribution is -2.71. The Morgan fingerprint density at radius 3 is 2.26 bits per heavy atom. The highest BCUT2D eigenvalue weighted by molar-refractivity contribution is 6.25. The van der Waals surface area contributed by atoms with Crippen molar-refractivity contribution in [3.05, 3.63) is 64.1 Å². The summed E-state index contributed by atoms with van der Waals surface area (Å²) in [6.07, 6.45) is 5.65. The van der Waals surface area contributed by atoms with Crippen LogP contribution in [0.1, 0.15) is 102 Å². The van der Waals surface area contributed by atoms with Crippen molar-refractivity contribution in [3.63, 3.8) is 0 Å². The molecule has 226 valence electrons. The minimum Gasteiger partial charge on any atom is -0.511 e. The van der Waals surface area contributed by atoms with Crippen LogP contribution in [0.5, 0.6) is 5.75 Å². The van der Waals surface area contributed by atoms with Gasteiger partial charge in [0, 0.05) is 22.3 Å². The van der Waals surface area contributed by atoms with Crippen LogP contribution in [-0.2, 0) is 9.59 Å². The van der Waals surface area contributed by atoms with E-state index in [0.29, 0.717) is 17.9 Å². The molecule has 7 nitrogen and oxygen atoms in total. The molecule has 5 rings (SSSR count). The standard InChI is InChI=1S/C35H44O7/c1-17(2)27-29(38)25(20(5)36)31(40)35(42)32(41)28-30(39)26-22(13-10-14-23(26)37)19(4)33(28,6)24(34(27,35)7)16-18(3)15-21-11-8-9-12-21/h10,13-14,17,19,21,24,27,37-38,41-42H,3,8-9,11-12,15-16H2,1-2,4-7H3/t19-,24-,27?,33-,34-,35+/m1/s1. The van der Waals surface area contributed by atoms with E-state index in [-0.39, 0.29) is 28.6 Å². The number of aliphatic hydroxyl groups excluding tert-OH is 2. The number of carbonyl (C=O) groups excluding carboxylic acids is 3. The molecule has 1 fully saturated rings. The van der Waals surface area contributed by atoms with Crippen LogP contribution in [0.3, 0.4) is 0 Å². The van der Waals surface area contributed by atoms with Gasteiger partial charge < -0.3 is 20.4 Å². The number of Topliss-reactive ketones (excluding diaryl/α,β-unsaturated/α-hetero) is 3. The van der Waals surface area contributed by atoms with Gasteiger partial charge in [0.25, 0.3) is 0 Å². The number of hydrogen-bond acceptors (Lipinski definition) is 7. The van der Waals surface area contributed by atoms with E-state index >= 15 is 0 Å². The highest BCUT2D eigenvalue weighted by Gasteiger charge is 2.75. The molecule has 6 atom stereocenters. The van der Waals surface area contributed by atoms with Gasteiger partial charge in [-0.1, -0.05) is 84.6 Å². The van der Waals surface area contributed by atoms with E-state index in [1.54, 1.807) is 19.1 Å². The molecule has 4 N–H and O–H groups in total. The zero-order valence-electron chi connectivity index (χ0n) is 25.6. The maximum atomic E-state index is 14.3. The van der Waals surface area contributed by atoms with E-state index in [9.17, 15) is 34.8 Å². The van der Waals surface area contributed by atoms with Gasteiger partial charge in [-0.05, 0) is 55.1 Å². The number of rotatable bonds is 6. The second-order valence-electron chi connectivity index (χ2n) is 14.0. The van der Waals surface area contributed by atoms with Crippen LogP contribution in [-0.4, -0.2) is 43.4 Å². The van der Waals surface area contributed by atoms with Gasteiger partial charge in [0.05, 0.1) is 5.56 Å². The van der Waals surface area contributed by atoms with Crippen LogP contribution in [0.4, 0.5) is 0 Å². The van der Waals surface area contributed by atoms with Crippen LogP contribution < -0.4 is 0 Å². The van der Waals surface area contributed by atoms with E-state index in [2.05, 4.69) is 6.58 Å². The van der Waals surface area contributed by atoms with Gasteiger partial charge in [-0.15, -0.1) is 0 Å². The average molecular weight is 577 g/mol. The lowest BCUT2D eigenvalue weighted by molar-refractivity contribution is -0.192. The van der Waals surface area contributed by atoms with E-state index in [0.717, 1.165) is 31.8 Å². The van der Waals surface area contributed by atoms with E-state index in [1.807, 2.05) is 27.7 Å². The summed E-state index contributed by atoms with van der Waals surface area (Å²) in [6, 6.07) is 4.88. The first-order chi connectivity index (χ1) is 19.6. The molecule has 0 heterocycles. The average Bonchev–Trinajstić information content (AvgIpc) is 3.40. The van der Waals surface area contributed by atoms with E-state index in [4.69, 9.17) is 0 Å². The summed E-state index contributed by atoms with van der Waals surface area (Å²) >= 11 is 0. The normalized spacial score (nSPS) is 34.9. The molecular formula is C35H44O7. The maximum Gasteiger partial charge on any atom is 0.209 e. The molecule has 1 unspecified atom stereocenters. The van der Waals surface area contributed by atoms with Crippen LogP contribution in [0, 0.1) is 34.5 Å². The molecule has 1 aromatic rings. The molecule has 1 saturated carbocycles. The number of aliphatic hydroxyl groups is 3. The summed E-state index contributed by atoms with van der Waals surface area (Å²) < 4.78 is 0. The number of phenolic OH excluding ortho intramolecular Hbond substituents is 1. The molecule has 0 bridgehead atoms. The van der Waals surface area contributed by atoms with Gasteiger partial charge in [-0.25, -0.2) is 0 Å². The number of fused-ring (bicyclic) bond motifs is 3. The zero-order valence-corrected chi connectivity index (χ0v) is 25.6. The number of aromatic hydroxyl groups is 1. The Bertz CT molecular complexity index is 1460. The molecule has 42 heavy (non-hydrogen) atoms. The van der Waals surface area contributed by atoms with Crippen LogP contribution in [0.25, 0.3) is 0 Å². The minimum atomic E-state index is -2.67. The predicted molar refractivity (Wildman–Crippen MR) is 159 cm³/mol. The van der Waals surface area contributed by atoms with Gasteiger partial charge in [-0.3, -0.25) is 14.4 Å². The molecule has 4 aliphatic carbocycles. The monoisotopic (exact) mass is 576 g/mol. The Hall–Kier alpha value is -3.19. The Morgan fingerprint density at radius 1 is 1.07 bits per heavy atom. The molecule has 1 aromatic carbocycles.